The van der Waals surface area contributed by atoms with Crippen LogP contribution in [0.15, 0.2) is 23.9 Å². The molecule has 0 radical (unpaired) electrons. The lowest BCUT2D eigenvalue weighted by molar-refractivity contribution is 0.230. The van der Waals surface area contributed by atoms with Crippen LogP contribution in [0, 0.1) is 5.92 Å². The minimum absolute atomic E-state index is 0.377. The van der Waals surface area contributed by atoms with Crippen LogP contribution in [0.3, 0.4) is 0 Å². The number of hydrogen-bond donors (Lipinski definition) is 1. The SMILES string of the molecule is CC1CN(CCCn2ccnc2)CC/C1=N\O. The fourth-order valence-corrected chi connectivity index (χ4v) is 2.35. The molecule has 0 aromatic carbocycles. The van der Waals surface area contributed by atoms with Gasteiger partial charge in [-0.05, 0) is 13.0 Å². The summed E-state index contributed by atoms with van der Waals surface area (Å²) in [6.45, 7) is 6.25. The molecule has 5 nitrogen and oxygen atoms in total. The van der Waals surface area contributed by atoms with Crippen molar-refractivity contribution in [1.82, 2.24) is 14.5 Å². The Hall–Kier alpha value is -1.36. The maximum atomic E-state index is 8.81. The third-order valence-corrected chi connectivity index (χ3v) is 3.36. The lowest BCUT2D eigenvalue weighted by atomic mass is 9.97. The van der Waals surface area contributed by atoms with Gasteiger partial charge < -0.3 is 14.7 Å². The summed E-state index contributed by atoms with van der Waals surface area (Å²) >= 11 is 0. The summed E-state index contributed by atoms with van der Waals surface area (Å²) in [6.07, 6.45) is 7.69. The number of oxime groups is 1. The molecule has 1 atom stereocenters. The maximum Gasteiger partial charge on any atom is 0.0945 e. The van der Waals surface area contributed by atoms with Crippen molar-refractivity contribution in [1.29, 1.82) is 0 Å². The summed E-state index contributed by atoms with van der Waals surface area (Å²) in [5, 5.41) is 12.2. The predicted octanol–water partition coefficient (Wildman–Crippen LogP) is 1.45. The fourth-order valence-electron chi connectivity index (χ4n) is 2.35. The van der Waals surface area contributed by atoms with Crippen molar-refractivity contribution in [2.45, 2.75) is 26.3 Å². The summed E-state index contributed by atoms with van der Waals surface area (Å²) in [7, 11) is 0. The fraction of sp³-hybridized carbons (Fsp3) is 0.667. The molecule has 2 heterocycles. The van der Waals surface area contributed by atoms with E-state index in [0.717, 1.165) is 44.7 Å². The highest BCUT2D eigenvalue weighted by Crippen LogP contribution is 2.13. The minimum atomic E-state index is 0.377. The van der Waals surface area contributed by atoms with Gasteiger partial charge in [-0.3, -0.25) is 0 Å². The molecule has 1 fully saturated rings. The summed E-state index contributed by atoms with van der Waals surface area (Å²) < 4.78 is 2.11. The van der Waals surface area contributed by atoms with E-state index in [1.165, 1.54) is 0 Å². The zero-order valence-corrected chi connectivity index (χ0v) is 10.3. The van der Waals surface area contributed by atoms with Crippen LogP contribution in [0.25, 0.3) is 0 Å². The highest BCUT2D eigenvalue weighted by Gasteiger charge is 2.21. The van der Waals surface area contributed by atoms with Gasteiger partial charge in [0.2, 0.25) is 0 Å². The van der Waals surface area contributed by atoms with Crippen LogP contribution in [-0.4, -0.2) is 45.0 Å². The Morgan fingerprint density at radius 2 is 2.41 bits per heavy atom. The number of aromatic nitrogens is 2. The van der Waals surface area contributed by atoms with Gasteiger partial charge in [-0.1, -0.05) is 12.1 Å². The quantitative estimate of drug-likeness (QED) is 0.636. The lowest BCUT2D eigenvalue weighted by Gasteiger charge is -2.31. The minimum Gasteiger partial charge on any atom is -0.411 e. The molecule has 0 aliphatic carbocycles. The van der Waals surface area contributed by atoms with Crippen molar-refractivity contribution < 1.29 is 5.21 Å². The van der Waals surface area contributed by atoms with Gasteiger partial charge in [0.25, 0.3) is 0 Å². The predicted molar refractivity (Wildman–Crippen MR) is 66.3 cm³/mol. The second kappa shape index (κ2) is 5.82. The Morgan fingerprint density at radius 1 is 1.53 bits per heavy atom. The van der Waals surface area contributed by atoms with E-state index in [1.807, 2.05) is 18.7 Å². The molecule has 0 bridgehead atoms. The number of aryl methyl sites for hydroxylation is 1. The number of hydrogen-bond acceptors (Lipinski definition) is 4. The standard InChI is InChI=1S/C12H20N4O/c1-11-9-15(7-3-12(11)14-17)5-2-6-16-8-4-13-10-16/h4,8,10-11,17H,2-3,5-7,9H2,1H3/b14-12+. The van der Waals surface area contributed by atoms with Gasteiger partial charge in [0, 0.05) is 44.4 Å². The van der Waals surface area contributed by atoms with Crippen LogP contribution in [-0.2, 0) is 6.54 Å². The highest BCUT2D eigenvalue weighted by molar-refractivity contribution is 5.86. The van der Waals surface area contributed by atoms with Crippen molar-refractivity contribution in [3.63, 3.8) is 0 Å². The van der Waals surface area contributed by atoms with E-state index in [9.17, 15) is 0 Å². The topological polar surface area (TPSA) is 53.7 Å². The first-order valence-electron chi connectivity index (χ1n) is 6.18. The number of likely N-dealkylation sites (tertiary alicyclic amines) is 1. The van der Waals surface area contributed by atoms with E-state index in [2.05, 4.69) is 26.5 Å². The van der Waals surface area contributed by atoms with E-state index in [-0.39, 0.29) is 0 Å². The molecule has 1 aromatic rings. The van der Waals surface area contributed by atoms with Crippen LogP contribution in [0.4, 0.5) is 0 Å². The number of rotatable bonds is 4. The van der Waals surface area contributed by atoms with E-state index in [0.29, 0.717) is 5.92 Å². The first-order valence-corrected chi connectivity index (χ1v) is 6.18. The van der Waals surface area contributed by atoms with Gasteiger partial charge in [-0.2, -0.15) is 0 Å². The summed E-state index contributed by atoms with van der Waals surface area (Å²) in [4.78, 5) is 6.47. The van der Waals surface area contributed by atoms with Crippen LogP contribution in [0.1, 0.15) is 19.8 Å². The zero-order valence-electron chi connectivity index (χ0n) is 10.3. The van der Waals surface area contributed by atoms with Crippen molar-refractivity contribution in [3.8, 4) is 0 Å². The number of imidazole rings is 1. The van der Waals surface area contributed by atoms with Gasteiger partial charge >= 0.3 is 0 Å². The Kier molecular flexibility index (Phi) is 4.14. The molecule has 2 rings (SSSR count). The van der Waals surface area contributed by atoms with Gasteiger partial charge in [-0.15, -0.1) is 0 Å². The van der Waals surface area contributed by atoms with E-state index in [1.54, 1.807) is 0 Å². The van der Waals surface area contributed by atoms with Crippen molar-refractivity contribution in [2.75, 3.05) is 19.6 Å². The monoisotopic (exact) mass is 236 g/mol. The average molecular weight is 236 g/mol. The Balaban J connectivity index is 1.70. The Morgan fingerprint density at radius 3 is 3.06 bits per heavy atom. The molecule has 1 aliphatic heterocycles. The second-order valence-electron chi connectivity index (χ2n) is 4.70. The maximum absolute atomic E-state index is 8.81. The van der Waals surface area contributed by atoms with E-state index < -0.39 is 0 Å². The Bertz CT molecular complexity index is 361. The molecule has 0 amide bonds. The molecule has 94 valence electrons. The molecule has 1 aliphatic rings. The van der Waals surface area contributed by atoms with Crippen LogP contribution >= 0.6 is 0 Å². The lowest BCUT2D eigenvalue weighted by Crippen LogP contribution is -2.40. The van der Waals surface area contributed by atoms with Crippen LogP contribution < -0.4 is 0 Å². The Labute approximate surface area is 102 Å². The van der Waals surface area contributed by atoms with Crippen LogP contribution in [0.5, 0.6) is 0 Å². The van der Waals surface area contributed by atoms with Crippen molar-refractivity contribution >= 4 is 5.71 Å². The zero-order chi connectivity index (χ0) is 12.1. The average Bonchev–Trinajstić information content (AvgIpc) is 2.82. The van der Waals surface area contributed by atoms with E-state index >= 15 is 0 Å². The van der Waals surface area contributed by atoms with Gasteiger partial charge in [0.1, 0.15) is 0 Å². The molecule has 1 aromatic heterocycles. The normalized spacial score (nSPS) is 24.3. The molecule has 1 N–H and O–H groups in total. The summed E-state index contributed by atoms with van der Waals surface area (Å²) in [6, 6.07) is 0. The van der Waals surface area contributed by atoms with Crippen LogP contribution in [0.2, 0.25) is 0 Å². The summed E-state index contributed by atoms with van der Waals surface area (Å²) in [5.41, 5.74) is 0.941. The van der Waals surface area contributed by atoms with Crippen molar-refractivity contribution in [2.24, 2.45) is 11.1 Å². The summed E-state index contributed by atoms with van der Waals surface area (Å²) in [5.74, 6) is 0.377. The molecule has 0 saturated carbocycles. The molecule has 1 saturated heterocycles. The van der Waals surface area contributed by atoms with E-state index in [4.69, 9.17) is 5.21 Å². The molecular weight excluding hydrogens is 216 g/mol. The first kappa shape index (κ1) is 12.1. The smallest absolute Gasteiger partial charge is 0.0945 e. The van der Waals surface area contributed by atoms with Gasteiger partial charge in [0.05, 0.1) is 12.0 Å². The molecule has 0 spiro atoms. The third kappa shape index (κ3) is 3.30. The number of piperidine rings is 1. The largest absolute Gasteiger partial charge is 0.411 e. The highest BCUT2D eigenvalue weighted by atomic mass is 16.4. The molecule has 1 unspecified atom stereocenters. The molecular formula is C12H20N4O. The number of nitrogens with zero attached hydrogens (tertiary/aromatic N) is 4. The molecule has 5 heteroatoms. The van der Waals surface area contributed by atoms with Gasteiger partial charge in [0.15, 0.2) is 0 Å². The second-order valence-corrected chi connectivity index (χ2v) is 4.70. The van der Waals surface area contributed by atoms with Gasteiger partial charge in [-0.25, -0.2) is 4.98 Å². The molecule has 17 heavy (non-hydrogen) atoms. The third-order valence-electron chi connectivity index (χ3n) is 3.36. The van der Waals surface area contributed by atoms with Crippen molar-refractivity contribution in [3.05, 3.63) is 18.7 Å². The first-order chi connectivity index (χ1) is 8.29.